The second-order valence-electron chi connectivity index (χ2n) is 5.53. The highest BCUT2D eigenvalue weighted by molar-refractivity contribution is 5.92. The molecule has 0 aliphatic heterocycles. The number of benzene rings is 2. The Morgan fingerprint density at radius 1 is 1.17 bits per heavy atom. The summed E-state index contributed by atoms with van der Waals surface area (Å²) in [6.07, 6.45) is 1.71. The summed E-state index contributed by atoms with van der Waals surface area (Å²) in [7, 11) is 0. The van der Waals surface area contributed by atoms with E-state index in [-0.39, 0.29) is 11.7 Å². The van der Waals surface area contributed by atoms with Gasteiger partial charge < -0.3 is 10.1 Å². The van der Waals surface area contributed by atoms with Crippen LogP contribution in [-0.2, 0) is 17.6 Å². The van der Waals surface area contributed by atoms with Crippen molar-refractivity contribution in [3.05, 3.63) is 59.2 Å². The topological polar surface area (TPSA) is 38.3 Å². The van der Waals surface area contributed by atoms with Gasteiger partial charge in [-0.1, -0.05) is 37.3 Å². The van der Waals surface area contributed by atoms with Gasteiger partial charge in [0.25, 0.3) is 0 Å². The van der Waals surface area contributed by atoms with Crippen LogP contribution < -0.4 is 10.1 Å². The molecule has 2 aromatic carbocycles. The van der Waals surface area contributed by atoms with Gasteiger partial charge in [-0.05, 0) is 48.6 Å². The summed E-state index contributed by atoms with van der Waals surface area (Å²) in [5, 5.41) is 2.97. The standard InChI is InChI=1S/C19H21F2NO2/c1-3-15-6-4-5-13(2)18(15)22-17(23)12-9-14-7-10-16(11-8-14)24-19(20)21/h4-8,10-11,19H,3,9,12H2,1-2H3,(H,22,23). The second-order valence-corrected chi connectivity index (χ2v) is 5.53. The minimum absolute atomic E-state index is 0.0630. The first-order valence-corrected chi connectivity index (χ1v) is 7.91. The first-order chi connectivity index (χ1) is 11.5. The Kier molecular flexibility index (Phi) is 6.29. The number of carbonyl (C=O) groups is 1. The maximum Gasteiger partial charge on any atom is 0.387 e. The predicted octanol–water partition coefficient (Wildman–Crippen LogP) is 4.73. The van der Waals surface area contributed by atoms with Crippen LogP contribution in [0.15, 0.2) is 42.5 Å². The van der Waals surface area contributed by atoms with Crippen LogP contribution in [-0.4, -0.2) is 12.5 Å². The van der Waals surface area contributed by atoms with E-state index in [4.69, 9.17) is 0 Å². The van der Waals surface area contributed by atoms with Crippen LogP contribution in [0.1, 0.15) is 30.0 Å². The first kappa shape index (κ1) is 17.9. The summed E-state index contributed by atoms with van der Waals surface area (Å²) in [6, 6.07) is 12.3. The van der Waals surface area contributed by atoms with Crippen molar-refractivity contribution in [1.29, 1.82) is 0 Å². The third-order valence-corrected chi connectivity index (χ3v) is 3.79. The molecule has 0 heterocycles. The van der Waals surface area contributed by atoms with Crippen molar-refractivity contribution in [2.45, 2.75) is 39.7 Å². The van der Waals surface area contributed by atoms with Crippen LogP contribution in [0.5, 0.6) is 5.75 Å². The van der Waals surface area contributed by atoms with Crippen LogP contribution in [0.3, 0.4) is 0 Å². The molecule has 1 amide bonds. The molecule has 0 aromatic heterocycles. The highest BCUT2D eigenvalue weighted by Gasteiger charge is 2.09. The minimum atomic E-state index is -2.83. The molecule has 2 aromatic rings. The summed E-state index contributed by atoms with van der Waals surface area (Å²) in [4.78, 5) is 12.2. The molecule has 5 heteroatoms. The summed E-state index contributed by atoms with van der Waals surface area (Å²) in [5.74, 6) is 0.0533. The van der Waals surface area contributed by atoms with Crippen molar-refractivity contribution in [1.82, 2.24) is 0 Å². The highest BCUT2D eigenvalue weighted by Crippen LogP contribution is 2.21. The number of amides is 1. The predicted molar refractivity (Wildman–Crippen MR) is 90.6 cm³/mol. The number of halogens is 2. The van der Waals surface area contributed by atoms with Gasteiger partial charge in [0.2, 0.25) is 5.91 Å². The molecule has 0 aliphatic carbocycles. The Labute approximate surface area is 140 Å². The summed E-state index contributed by atoms with van der Waals surface area (Å²) in [6.45, 7) is 1.19. The molecule has 1 N–H and O–H groups in total. The Morgan fingerprint density at radius 3 is 2.50 bits per heavy atom. The van der Waals surface area contributed by atoms with E-state index >= 15 is 0 Å². The molecule has 0 unspecified atom stereocenters. The van der Waals surface area contributed by atoms with Crippen molar-refractivity contribution < 1.29 is 18.3 Å². The Morgan fingerprint density at radius 2 is 1.88 bits per heavy atom. The van der Waals surface area contributed by atoms with Gasteiger partial charge in [0.05, 0.1) is 0 Å². The lowest BCUT2D eigenvalue weighted by molar-refractivity contribution is -0.116. The number of nitrogens with one attached hydrogen (secondary N) is 1. The van der Waals surface area contributed by atoms with E-state index in [1.807, 2.05) is 32.0 Å². The fourth-order valence-electron chi connectivity index (χ4n) is 2.50. The molecule has 0 spiro atoms. The van der Waals surface area contributed by atoms with Gasteiger partial charge in [0.15, 0.2) is 0 Å². The molecular formula is C19H21F2NO2. The fraction of sp³-hybridized carbons (Fsp3) is 0.316. The number of para-hydroxylation sites is 1. The Bertz CT molecular complexity index is 684. The van der Waals surface area contributed by atoms with E-state index < -0.39 is 6.61 Å². The van der Waals surface area contributed by atoms with E-state index in [9.17, 15) is 13.6 Å². The normalized spacial score (nSPS) is 10.7. The van der Waals surface area contributed by atoms with E-state index in [0.717, 1.165) is 28.8 Å². The van der Waals surface area contributed by atoms with Crippen LogP contribution >= 0.6 is 0 Å². The van der Waals surface area contributed by atoms with Crippen molar-refractivity contribution in [2.24, 2.45) is 0 Å². The van der Waals surface area contributed by atoms with Gasteiger partial charge >= 0.3 is 6.61 Å². The second kappa shape index (κ2) is 8.43. The Hall–Kier alpha value is -2.43. The summed E-state index contributed by atoms with van der Waals surface area (Å²) in [5.41, 5.74) is 3.92. The third kappa shape index (κ3) is 5.05. The summed E-state index contributed by atoms with van der Waals surface area (Å²) >= 11 is 0. The molecule has 2 rings (SSSR count). The van der Waals surface area contributed by atoms with Crippen molar-refractivity contribution >= 4 is 11.6 Å². The van der Waals surface area contributed by atoms with E-state index in [2.05, 4.69) is 10.1 Å². The average Bonchev–Trinajstić information content (AvgIpc) is 2.55. The van der Waals surface area contributed by atoms with Gasteiger partial charge in [0.1, 0.15) is 5.75 Å². The molecule has 0 radical (unpaired) electrons. The molecular weight excluding hydrogens is 312 g/mol. The number of rotatable bonds is 7. The smallest absolute Gasteiger partial charge is 0.387 e. The number of anilines is 1. The third-order valence-electron chi connectivity index (χ3n) is 3.79. The lowest BCUT2D eigenvalue weighted by Crippen LogP contribution is -2.14. The van der Waals surface area contributed by atoms with Crippen LogP contribution in [0, 0.1) is 6.92 Å². The van der Waals surface area contributed by atoms with Crippen molar-refractivity contribution in [2.75, 3.05) is 5.32 Å². The summed E-state index contributed by atoms with van der Waals surface area (Å²) < 4.78 is 28.5. The Balaban J connectivity index is 1.92. The van der Waals surface area contributed by atoms with Gasteiger partial charge in [-0.15, -0.1) is 0 Å². The lowest BCUT2D eigenvalue weighted by Gasteiger charge is -2.13. The quantitative estimate of drug-likeness (QED) is 0.795. The number of ether oxygens (including phenoxy) is 1. The molecule has 0 atom stereocenters. The number of hydrogen-bond donors (Lipinski definition) is 1. The van der Waals surface area contributed by atoms with Gasteiger partial charge in [-0.2, -0.15) is 8.78 Å². The molecule has 0 saturated carbocycles. The molecule has 128 valence electrons. The number of aryl methyl sites for hydroxylation is 3. The number of hydrogen-bond acceptors (Lipinski definition) is 2. The molecule has 3 nitrogen and oxygen atoms in total. The number of alkyl halides is 2. The monoisotopic (exact) mass is 333 g/mol. The van der Waals surface area contributed by atoms with Crippen LogP contribution in [0.25, 0.3) is 0 Å². The van der Waals surface area contributed by atoms with E-state index in [1.54, 1.807) is 12.1 Å². The maximum atomic E-state index is 12.2. The van der Waals surface area contributed by atoms with Gasteiger partial charge in [0, 0.05) is 12.1 Å². The SMILES string of the molecule is CCc1cccc(C)c1NC(=O)CCc1ccc(OC(F)F)cc1. The van der Waals surface area contributed by atoms with Crippen molar-refractivity contribution in [3.8, 4) is 5.75 Å². The van der Waals surface area contributed by atoms with E-state index in [0.29, 0.717) is 12.8 Å². The molecule has 24 heavy (non-hydrogen) atoms. The zero-order valence-electron chi connectivity index (χ0n) is 13.8. The number of carbonyl (C=O) groups excluding carboxylic acids is 1. The zero-order valence-corrected chi connectivity index (χ0v) is 13.8. The first-order valence-electron chi connectivity index (χ1n) is 7.91. The molecule has 0 saturated heterocycles. The van der Waals surface area contributed by atoms with Gasteiger partial charge in [-0.25, -0.2) is 0 Å². The highest BCUT2D eigenvalue weighted by atomic mass is 19.3. The van der Waals surface area contributed by atoms with Crippen molar-refractivity contribution in [3.63, 3.8) is 0 Å². The average molecular weight is 333 g/mol. The maximum absolute atomic E-state index is 12.2. The van der Waals surface area contributed by atoms with Gasteiger partial charge in [-0.3, -0.25) is 4.79 Å². The molecule has 0 bridgehead atoms. The lowest BCUT2D eigenvalue weighted by atomic mass is 10.1. The van der Waals surface area contributed by atoms with Crippen LogP contribution in [0.4, 0.5) is 14.5 Å². The van der Waals surface area contributed by atoms with E-state index in [1.165, 1.54) is 12.1 Å². The minimum Gasteiger partial charge on any atom is -0.435 e. The van der Waals surface area contributed by atoms with Crippen LogP contribution in [0.2, 0.25) is 0 Å². The fourth-order valence-corrected chi connectivity index (χ4v) is 2.50. The largest absolute Gasteiger partial charge is 0.435 e. The molecule has 0 aliphatic rings. The molecule has 0 fully saturated rings. The zero-order chi connectivity index (χ0) is 17.5.